The third kappa shape index (κ3) is 2.81. The van der Waals surface area contributed by atoms with Crippen LogP contribution in [0.3, 0.4) is 0 Å². The van der Waals surface area contributed by atoms with Gasteiger partial charge in [0.25, 0.3) is 0 Å². The predicted octanol–water partition coefficient (Wildman–Crippen LogP) is 5.52. The molecule has 0 aromatic carbocycles. The van der Waals surface area contributed by atoms with Crippen molar-refractivity contribution in [1.82, 2.24) is 0 Å². The van der Waals surface area contributed by atoms with Crippen LogP contribution in [-0.4, -0.2) is 0 Å². The quantitative estimate of drug-likeness (QED) is 0.554. The first-order chi connectivity index (χ1) is 7.39. The first-order valence-electron chi connectivity index (χ1n) is 7.39. The smallest absolute Gasteiger partial charge is 0.0251 e. The fourth-order valence-corrected chi connectivity index (χ4v) is 3.78. The van der Waals surface area contributed by atoms with Crippen LogP contribution < -0.4 is 0 Å². The summed E-state index contributed by atoms with van der Waals surface area (Å²) in [7, 11) is 0. The first-order valence-corrected chi connectivity index (χ1v) is 7.39. The number of hydrogen-bond acceptors (Lipinski definition) is 0. The molecule has 2 unspecified atom stereocenters. The highest BCUT2D eigenvalue weighted by molar-refractivity contribution is 4.89. The summed E-state index contributed by atoms with van der Waals surface area (Å²) in [5, 5.41) is 0. The fourth-order valence-electron chi connectivity index (χ4n) is 3.78. The lowest BCUT2D eigenvalue weighted by molar-refractivity contribution is 0.0369. The Morgan fingerprint density at radius 2 is 1.44 bits per heavy atom. The third-order valence-corrected chi connectivity index (χ3v) is 5.55. The highest BCUT2D eigenvalue weighted by Gasteiger charge is 2.40. The summed E-state index contributed by atoms with van der Waals surface area (Å²) in [6, 6.07) is 0. The van der Waals surface area contributed by atoms with Crippen molar-refractivity contribution >= 4 is 0 Å². The topological polar surface area (TPSA) is 0 Å². The minimum Gasteiger partial charge on any atom is -0.0625 e. The van der Waals surface area contributed by atoms with Crippen LogP contribution in [0.4, 0.5) is 0 Å². The second-order valence-corrected chi connectivity index (χ2v) is 7.00. The van der Waals surface area contributed by atoms with Gasteiger partial charge in [0.2, 0.25) is 0 Å². The van der Waals surface area contributed by atoms with Crippen molar-refractivity contribution in [2.24, 2.45) is 29.1 Å². The molecule has 1 aliphatic carbocycles. The second-order valence-electron chi connectivity index (χ2n) is 7.00. The lowest BCUT2D eigenvalue weighted by Crippen LogP contribution is -2.38. The molecular weight excluding hydrogens is 192 g/mol. The van der Waals surface area contributed by atoms with Gasteiger partial charge in [-0.1, -0.05) is 60.8 Å². The molecule has 0 aromatic rings. The van der Waals surface area contributed by atoms with Crippen LogP contribution in [0.15, 0.2) is 0 Å². The molecule has 96 valence electrons. The second kappa shape index (κ2) is 5.56. The SMILES string of the molecule is CC1CCCCC(C(C)(C(C)C)C(C)C)C1. The zero-order valence-electron chi connectivity index (χ0n) is 12.3. The summed E-state index contributed by atoms with van der Waals surface area (Å²) < 4.78 is 0. The van der Waals surface area contributed by atoms with Gasteiger partial charge in [-0.05, 0) is 41.9 Å². The van der Waals surface area contributed by atoms with Crippen molar-refractivity contribution in [3.63, 3.8) is 0 Å². The Morgan fingerprint density at radius 1 is 0.938 bits per heavy atom. The molecule has 0 bridgehead atoms. The monoisotopic (exact) mass is 224 g/mol. The van der Waals surface area contributed by atoms with E-state index in [9.17, 15) is 0 Å². The summed E-state index contributed by atoms with van der Waals surface area (Å²) in [6.07, 6.45) is 7.32. The molecule has 1 fully saturated rings. The van der Waals surface area contributed by atoms with E-state index in [2.05, 4.69) is 41.5 Å². The van der Waals surface area contributed by atoms with Gasteiger partial charge < -0.3 is 0 Å². The molecule has 16 heavy (non-hydrogen) atoms. The van der Waals surface area contributed by atoms with Gasteiger partial charge in [0.1, 0.15) is 0 Å². The van der Waals surface area contributed by atoms with Gasteiger partial charge in [0, 0.05) is 0 Å². The Labute approximate surface area is 103 Å². The summed E-state index contributed by atoms with van der Waals surface area (Å²) in [6.45, 7) is 14.7. The maximum absolute atomic E-state index is 2.55. The molecule has 0 heteroatoms. The van der Waals surface area contributed by atoms with Crippen molar-refractivity contribution in [2.45, 2.75) is 73.6 Å². The zero-order chi connectivity index (χ0) is 12.3. The van der Waals surface area contributed by atoms with Crippen molar-refractivity contribution in [1.29, 1.82) is 0 Å². The van der Waals surface area contributed by atoms with Gasteiger partial charge in [-0.3, -0.25) is 0 Å². The molecule has 0 saturated heterocycles. The first kappa shape index (κ1) is 14.1. The average Bonchev–Trinajstić information content (AvgIpc) is 2.41. The van der Waals surface area contributed by atoms with Crippen molar-refractivity contribution in [3.05, 3.63) is 0 Å². The maximum Gasteiger partial charge on any atom is -0.0251 e. The van der Waals surface area contributed by atoms with Crippen LogP contribution in [-0.2, 0) is 0 Å². The molecule has 1 rings (SSSR count). The fraction of sp³-hybridized carbons (Fsp3) is 1.00. The van der Waals surface area contributed by atoms with E-state index in [0.717, 1.165) is 23.7 Å². The Bertz CT molecular complexity index is 194. The van der Waals surface area contributed by atoms with E-state index in [-0.39, 0.29) is 0 Å². The zero-order valence-corrected chi connectivity index (χ0v) is 12.3. The highest BCUT2D eigenvalue weighted by Crippen LogP contribution is 2.48. The van der Waals surface area contributed by atoms with E-state index in [0.29, 0.717) is 5.41 Å². The van der Waals surface area contributed by atoms with Crippen LogP contribution in [0.1, 0.15) is 73.6 Å². The van der Waals surface area contributed by atoms with Crippen LogP contribution in [0, 0.1) is 29.1 Å². The van der Waals surface area contributed by atoms with Gasteiger partial charge in [0.05, 0.1) is 0 Å². The molecule has 1 saturated carbocycles. The van der Waals surface area contributed by atoms with Crippen LogP contribution >= 0.6 is 0 Å². The molecule has 0 heterocycles. The summed E-state index contributed by atoms with van der Waals surface area (Å²) >= 11 is 0. The molecule has 0 amide bonds. The van der Waals surface area contributed by atoms with E-state index in [1.54, 1.807) is 0 Å². The number of hydrogen-bond donors (Lipinski definition) is 0. The van der Waals surface area contributed by atoms with Gasteiger partial charge in [0.15, 0.2) is 0 Å². The van der Waals surface area contributed by atoms with E-state index in [1.165, 1.54) is 32.1 Å². The molecule has 0 radical (unpaired) electrons. The van der Waals surface area contributed by atoms with E-state index in [1.807, 2.05) is 0 Å². The van der Waals surface area contributed by atoms with Crippen LogP contribution in [0.2, 0.25) is 0 Å². The standard InChI is InChI=1S/C16H32/c1-12(2)16(6,13(3)4)15-10-8-7-9-14(5)11-15/h12-15H,7-11H2,1-6H3. The Balaban J connectivity index is 2.84. The largest absolute Gasteiger partial charge is 0.0625 e. The normalized spacial score (nSPS) is 28.5. The molecule has 0 spiro atoms. The van der Waals surface area contributed by atoms with Crippen molar-refractivity contribution < 1.29 is 0 Å². The van der Waals surface area contributed by atoms with Crippen LogP contribution in [0.5, 0.6) is 0 Å². The Hall–Kier alpha value is 0. The predicted molar refractivity (Wildman–Crippen MR) is 73.5 cm³/mol. The third-order valence-electron chi connectivity index (χ3n) is 5.55. The lowest BCUT2D eigenvalue weighted by Gasteiger charge is -2.45. The summed E-state index contributed by atoms with van der Waals surface area (Å²) in [5.41, 5.74) is 0.540. The minimum atomic E-state index is 0.540. The van der Waals surface area contributed by atoms with E-state index < -0.39 is 0 Å². The molecule has 0 nitrogen and oxygen atoms in total. The van der Waals surface area contributed by atoms with Gasteiger partial charge in [-0.15, -0.1) is 0 Å². The Kier molecular flexibility index (Phi) is 4.88. The van der Waals surface area contributed by atoms with E-state index in [4.69, 9.17) is 0 Å². The summed E-state index contributed by atoms with van der Waals surface area (Å²) in [5.74, 6) is 3.51. The van der Waals surface area contributed by atoms with Gasteiger partial charge in [-0.25, -0.2) is 0 Å². The number of rotatable bonds is 3. The maximum atomic E-state index is 2.55. The average molecular weight is 224 g/mol. The van der Waals surface area contributed by atoms with E-state index >= 15 is 0 Å². The molecule has 2 atom stereocenters. The van der Waals surface area contributed by atoms with Crippen molar-refractivity contribution in [2.75, 3.05) is 0 Å². The lowest BCUT2D eigenvalue weighted by atomic mass is 9.60. The van der Waals surface area contributed by atoms with Crippen LogP contribution in [0.25, 0.3) is 0 Å². The molecule has 0 aromatic heterocycles. The molecular formula is C16H32. The van der Waals surface area contributed by atoms with Gasteiger partial charge >= 0.3 is 0 Å². The highest BCUT2D eigenvalue weighted by atomic mass is 14.4. The summed E-state index contributed by atoms with van der Waals surface area (Å²) in [4.78, 5) is 0. The Morgan fingerprint density at radius 3 is 1.94 bits per heavy atom. The van der Waals surface area contributed by atoms with Crippen molar-refractivity contribution in [3.8, 4) is 0 Å². The molecule has 0 aliphatic heterocycles. The molecule has 0 N–H and O–H groups in total. The molecule has 1 aliphatic rings. The van der Waals surface area contributed by atoms with Gasteiger partial charge in [-0.2, -0.15) is 0 Å². The minimum absolute atomic E-state index is 0.540.